The molecule has 18 heavy (non-hydrogen) atoms. The number of nitro groups is 1. The molecule has 2 rings (SSSR count). The van der Waals surface area contributed by atoms with Gasteiger partial charge in [-0.25, -0.2) is 0 Å². The standard InChI is InChI=1S/C12H15ClN2O3/c13-10-1-2-11(15(17)18)8(6-10)5-9-7-14-4-3-12(9)16/h1-2,6,9,12,14,16H,3-5,7H2. The van der Waals surface area contributed by atoms with Gasteiger partial charge >= 0.3 is 0 Å². The number of hydrogen-bond donors (Lipinski definition) is 2. The molecule has 0 aromatic heterocycles. The molecular weight excluding hydrogens is 256 g/mol. The number of hydrogen-bond acceptors (Lipinski definition) is 4. The average Bonchev–Trinajstić information content (AvgIpc) is 2.32. The highest BCUT2D eigenvalue weighted by Crippen LogP contribution is 2.27. The molecular formula is C12H15ClN2O3. The SMILES string of the molecule is O=[N+]([O-])c1ccc(Cl)cc1CC1CNCCC1O. The van der Waals surface area contributed by atoms with Crippen molar-refractivity contribution in [3.63, 3.8) is 0 Å². The summed E-state index contributed by atoms with van der Waals surface area (Å²) in [4.78, 5) is 10.5. The highest BCUT2D eigenvalue weighted by molar-refractivity contribution is 6.30. The predicted octanol–water partition coefficient (Wildman–Crippen LogP) is 1.76. The van der Waals surface area contributed by atoms with Crippen molar-refractivity contribution in [3.8, 4) is 0 Å². The van der Waals surface area contributed by atoms with Gasteiger partial charge in [-0.1, -0.05) is 11.6 Å². The molecule has 1 aromatic carbocycles. The summed E-state index contributed by atoms with van der Waals surface area (Å²) in [6, 6.07) is 4.54. The second kappa shape index (κ2) is 5.65. The summed E-state index contributed by atoms with van der Waals surface area (Å²) in [5.74, 6) is -0.00378. The summed E-state index contributed by atoms with van der Waals surface area (Å²) >= 11 is 5.87. The van der Waals surface area contributed by atoms with Crippen molar-refractivity contribution < 1.29 is 10.0 Å². The topological polar surface area (TPSA) is 75.4 Å². The highest BCUT2D eigenvalue weighted by Gasteiger charge is 2.26. The molecule has 2 atom stereocenters. The lowest BCUT2D eigenvalue weighted by Crippen LogP contribution is -2.40. The third-order valence-electron chi connectivity index (χ3n) is 3.29. The maximum Gasteiger partial charge on any atom is 0.272 e. The molecule has 1 aromatic rings. The van der Waals surface area contributed by atoms with E-state index in [-0.39, 0.29) is 11.6 Å². The van der Waals surface area contributed by atoms with E-state index in [9.17, 15) is 15.2 Å². The number of nitrogens with one attached hydrogen (secondary N) is 1. The molecule has 1 heterocycles. The molecule has 0 amide bonds. The zero-order valence-corrected chi connectivity index (χ0v) is 10.6. The number of aliphatic hydroxyl groups is 1. The van der Waals surface area contributed by atoms with Crippen molar-refractivity contribution >= 4 is 17.3 Å². The number of rotatable bonds is 3. The molecule has 1 saturated heterocycles. The first-order valence-electron chi connectivity index (χ1n) is 5.89. The van der Waals surface area contributed by atoms with Gasteiger partial charge in [0.05, 0.1) is 11.0 Å². The van der Waals surface area contributed by atoms with Crippen LogP contribution in [-0.2, 0) is 6.42 Å². The smallest absolute Gasteiger partial charge is 0.272 e. The lowest BCUT2D eigenvalue weighted by molar-refractivity contribution is -0.385. The Bertz CT molecular complexity index is 453. The van der Waals surface area contributed by atoms with E-state index in [1.807, 2.05) is 0 Å². The van der Waals surface area contributed by atoms with Crippen molar-refractivity contribution in [3.05, 3.63) is 38.9 Å². The number of benzene rings is 1. The summed E-state index contributed by atoms with van der Waals surface area (Å²) in [6.07, 6.45) is 0.731. The first-order valence-corrected chi connectivity index (χ1v) is 6.27. The zero-order valence-electron chi connectivity index (χ0n) is 9.80. The lowest BCUT2D eigenvalue weighted by atomic mass is 9.89. The molecule has 0 radical (unpaired) electrons. The largest absolute Gasteiger partial charge is 0.393 e. The van der Waals surface area contributed by atoms with E-state index in [1.54, 1.807) is 6.07 Å². The van der Waals surface area contributed by atoms with Gasteiger partial charge < -0.3 is 10.4 Å². The minimum atomic E-state index is -0.412. The van der Waals surface area contributed by atoms with Gasteiger partial charge in [-0.3, -0.25) is 10.1 Å². The van der Waals surface area contributed by atoms with Gasteiger partial charge in [-0.2, -0.15) is 0 Å². The Morgan fingerprint density at radius 1 is 1.56 bits per heavy atom. The van der Waals surface area contributed by atoms with Crippen molar-refractivity contribution in [2.45, 2.75) is 18.9 Å². The Kier molecular flexibility index (Phi) is 4.16. The number of nitro benzene ring substituents is 1. The average molecular weight is 271 g/mol. The third kappa shape index (κ3) is 2.98. The number of piperidine rings is 1. The van der Waals surface area contributed by atoms with Gasteiger partial charge in [0.15, 0.2) is 0 Å². The molecule has 2 N–H and O–H groups in total. The second-order valence-electron chi connectivity index (χ2n) is 4.55. The second-order valence-corrected chi connectivity index (χ2v) is 4.99. The number of aliphatic hydroxyl groups excluding tert-OH is 1. The molecule has 1 aliphatic rings. The van der Waals surface area contributed by atoms with Gasteiger partial charge in [-0.05, 0) is 31.5 Å². The summed E-state index contributed by atoms with van der Waals surface area (Å²) in [5.41, 5.74) is 0.650. The molecule has 98 valence electrons. The predicted molar refractivity (Wildman–Crippen MR) is 68.8 cm³/mol. The Labute approximate surface area is 110 Å². The van der Waals surface area contributed by atoms with Crippen LogP contribution >= 0.6 is 11.6 Å². The van der Waals surface area contributed by atoms with Crippen molar-refractivity contribution in [1.29, 1.82) is 0 Å². The van der Waals surface area contributed by atoms with Gasteiger partial charge in [-0.15, -0.1) is 0 Å². The molecule has 1 fully saturated rings. The van der Waals surface area contributed by atoms with E-state index in [1.165, 1.54) is 12.1 Å². The summed E-state index contributed by atoms with van der Waals surface area (Å²) in [6.45, 7) is 1.46. The van der Waals surface area contributed by atoms with Crippen LogP contribution in [0.4, 0.5) is 5.69 Å². The molecule has 0 aliphatic carbocycles. The van der Waals surface area contributed by atoms with Gasteiger partial charge in [0.2, 0.25) is 0 Å². The fourth-order valence-corrected chi connectivity index (χ4v) is 2.49. The number of nitrogens with zero attached hydrogens (tertiary/aromatic N) is 1. The van der Waals surface area contributed by atoms with Crippen molar-refractivity contribution in [2.24, 2.45) is 5.92 Å². The van der Waals surface area contributed by atoms with Crippen LogP contribution in [0, 0.1) is 16.0 Å². The van der Waals surface area contributed by atoms with E-state index < -0.39 is 11.0 Å². The lowest BCUT2D eigenvalue weighted by Gasteiger charge is -2.28. The molecule has 0 saturated carbocycles. The maximum absolute atomic E-state index is 10.9. The first-order chi connectivity index (χ1) is 8.58. The van der Waals surface area contributed by atoms with Gasteiger partial charge in [0.1, 0.15) is 0 Å². The molecule has 6 heteroatoms. The Morgan fingerprint density at radius 2 is 2.33 bits per heavy atom. The van der Waals surface area contributed by atoms with Crippen LogP contribution in [0.1, 0.15) is 12.0 Å². The van der Waals surface area contributed by atoms with E-state index in [0.717, 1.165) is 6.54 Å². The van der Waals surface area contributed by atoms with Crippen LogP contribution in [0.25, 0.3) is 0 Å². The van der Waals surface area contributed by atoms with Crippen LogP contribution in [0.5, 0.6) is 0 Å². The Hall–Kier alpha value is -1.17. The van der Waals surface area contributed by atoms with Crippen LogP contribution in [0.15, 0.2) is 18.2 Å². The van der Waals surface area contributed by atoms with E-state index in [0.29, 0.717) is 30.0 Å². The van der Waals surface area contributed by atoms with E-state index in [4.69, 9.17) is 11.6 Å². The Balaban J connectivity index is 2.21. The quantitative estimate of drug-likeness (QED) is 0.648. The summed E-state index contributed by atoms with van der Waals surface area (Å²) < 4.78 is 0. The minimum absolute atomic E-state index is 0.00378. The molecule has 1 aliphatic heterocycles. The maximum atomic E-state index is 10.9. The van der Waals surface area contributed by atoms with Gasteiger partial charge in [0, 0.05) is 29.1 Å². The first kappa shape index (κ1) is 13.3. The van der Waals surface area contributed by atoms with Crippen molar-refractivity contribution in [1.82, 2.24) is 5.32 Å². The fraction of sp³-hybridized carbons (Fsp3) is 0.500. The van der Waals surface area contributed by atoms with Crippen LogP contribution in [-0.4, -0.2) is 29.2 Å². The minimum Gasteiger partial charge on any atom is -0.393 e. The fourth-order valence-electron chi connectivity index (χ4n) is 2.30. The molecule has 2 unspecified atom stereocenters. The molecule has 5 nitrogen and oxygen atoms in total. The normalized spacial score (nSPS) is 23.9. The Morgan fingerprint density at radius 3 is 3.00 bits per heavy atom. The van der Waals surface area contributed by atoms with Crippen LogP contribution < -0.4 is 5.32 Å². The third-order valence-corrected chi connectivity index (χ3v) is 3.52. The molecule has 0 bridgehead atoms. The van der Waals surface area contributed by atoms with Crippen LogP contribution in [0.2, 0.25) is 5.02 Å². The zero-order chi connectivity index (χ0) is 13.1. The monoisotopic (exact) mass is 270 g/mol. The number of halogens is 1. The summed E-state index contributed by atoms with van der Waals surface area (Å²) in [5, 5.41) is 24.5. The summed E-state index contributed by atoms with van der Waals surface area (Å²) in [7, 11) is 0. The van der Waals surface area contributed by atoms with E-state index >= 15 is 0 Å². The highest BCUT2D eigenvalue weighted by atomic mass is 35.5. The van der Waals surface area contributed by atoms with E-state index in [2.05, 4.69) is 5.32 Å². The van der Waals surface area contributed by atoms with Crippen molar-refractivity contribution in [2.75, 3.05) is 13.1 Å². The van der Waals surface area contributed by atoms with Crippen LogP contribution in [0.3, 0.4) is 0 Å². The van der Waals surface area contributed by atoms with Gasteiger partial charge in [0.25, 0.3) is 5.69 Å². The molecule has 0 spiro atoms.